The molecule has 0 aromatic carbocycles. The second-order valence-electron chi connectivity index (χ2n) is 2.82. The molecular weight excluding hydrogens is 146 g/mol. The lowest BCUT2D eigenvalue weighted by atomic mass is 10.3. The lowest BCUT2D eigenvalue weighted by molar-refractivity contribution is -0.118. The summed E-state index contributed by atoms with van der Waals surface area (Å²) in [6.07, 6.45) is 0.951. The molecule has 2 atom stereocenters. The van der Waals surface area contributed by atoms with E-state index in [1.54, 1.807) is 0 Å². The first-order valence-corrected chi connectivity index (χ1v) is 4.51. The van der Waals surface area contributed by atoms with Crippen LogP contribution >= 0.6 is 11.8 Å². The molecule has 1 aliphatic rings. The zero-order valence-electron chi connectivity index (χ0n) is 6.41. The molecule has 1 amide bonds. The lowest BCUT2D eigenvalue weighted by Gasteiger charge is -2.31. The van der Waals surface area contributed by atoms with Gasteiger partial charge in [-0.1, -0.05) is 13.8 Å². The summed E-state index contributed by atoms with van der Waals surface area (Å²) in [5, 5.41) is 1.21. The zero-order chi connectivity index (χ0) is 7.56. The quantitative estimate of drug-likeness (QED) is 0.531. The first kappa shape index (κ1) is 7.92. The van der Waals surface area contributed by atoms with Crippen LogP contribution in [0, 0.1) is 0 Å². The fraction of sp³-hybridized carbons (Fsp3) is 0.857. The predicted octanol–water partition coefficient (Wildman–Crippen LogP) is 0.969. The van der Waals surface area contributed by atoms with Gasteiger partial charge in [-0.15, -0.1) is 0 Å². The van der Waals surface area contributed by atoms with Crippen LogP contribution in [0.1, 0.15) is 13.8 Å². The SMILES string of the molecule is C[C@@H]1CN(C=O)C[C@H](C)S1. The van der Waals surface area contributed by atoms with E-state index in [1.165, 1.54) is 0 Å². The molecule has 1 saturated heterocycles. The molecule has 0 aromatic rings. The third-order valence-corrected chi connectivity index (χ3v) is 2.82. The van der Waals surface area contributed by atoms with Crippen molar-refractivity contribution in [2.24, 2.45) is 0 Å². The van der Waals surface area contributed by atoms with Gasteiger partial charge in [0.15, 0.2) is 0 Å². The third-order valence-electron chi connectivity index (χ3n) is 1.60. The molecule has 0 spiro atoms. The first-order valence-electron chi connectivity index (χ1n) is 3.57. The Morgan fingerprint density at radius 2 is 1.90 bits per heavy atom. The first-order chi connectivity index (χ1) is 4.72. The Labute approximate surface area is 66.0 Å². The van der Waals surface area contributed by atoms with Crippen LogP contribution in [-0.4, -0.2) is 34.9 Å². The molecule has 10 heavy (non-hydrogen) atoms. The number of carbonyl (C=O) groups excluding carboxylic acids is 1. The van der Waals surface area contributed by atoms with Crippen molar-refractivity contribution in [3.8, 4) is 0 Å². The van der Waals surface area contributed by atoms with Gasteiger partial charge < -0.3 is 4.90 Å². The van der Waals surface area contributed by atoms with E-state index in [1.807, 2.05) is 16.7 Å². The van der Waals surface area contributed by atoms with Crippen molar-refractivity contribution in [1.82, 2.24) is 4.90 Å². The Bertz CT molecular complexity index is 119. The number of rotatable bonds is 1. The van der Waals surface area contributed by atoms with E-state index >= 15 is 0 Å². The van der Waals surface area contributed by atoms with E-state index in [0.717, 1.165) is 19.5 Å². The number of hydrogen-bond donors (Lipinski definition) is 0. The van der Waals surface area contributed by atoms with Gasteiger partial charge in [0.05, 0.1) is 0 Å². The molecule has 0 radical (unpaired) electrons. The lowest BCUT2D eigenvalue weighted by Crippen LogP contribution is -2.39. The minimum atomic E-state index is 0.606. The summed E-state index contributed by atoms with van der Waals surface area (Å²) in [7, 11) is 0. The van der Waals surface area contributed by atoms with E-state index < -0.39 is 0 Å². The summed E-state index contributed by atoms with van der Waals surface area (Å²) in [6, 6.07) is 0. The van der Waals surface area contributed by atoms with Gasteiger partial charge in [-0.3, -0.25) is 4.79 Å². The molecule has 58 valence electrons. The zero-order valence-corrected chi connectivity index (χ0v) is 7.23. The predicted molar refractivity (Wildman–Crippen MR) is 44.2 cm³/mol. The average molecular weight is 159 g/mol. The molecule has 3 heteroatoms. The van der Waals surface area contributed by atoms with Gasteiger partial charge in [0, 0.05) is 23.6 Å². The maximum absolute atomic E-state index is 10.4. The van der Waals surface area contributed by atoms with Crippen molar-refractivity contribution in [2.75, 3.05) is 13.1 Å². The van der Waals surface area contributed by atoms with Crippen molar-refractivity contribution >= 4 is 18.2 Å². The van der Waals surface area contributed by atoms with Crippen LogP contribution in [0.4, 0.5) is 0 Å². The largest absolute Gasteiger partial charge is 0.343 e. The summed E-state index contributed by atoms with van der Waals surface area (Å²) >= 11 is 1.96. The molecule has 0 saturated carbocycles. The highest BCUT2D eigenvalue weighted by Crippen LogP contribution is 2.23. The average Bonchev–Trinajstić information content (AvgIpc) is 1.85. The highest BCUT2D eigenvalue weighted by atomic mass is 32.2. The van der Waals surface area contributed by atoms with Gasteiger partial charge in [0.25, 0.3) is 0 Å². The Morgan fingerprint density at radius 1 is 1.40 bits per heavy atom. The summed E-state index contributed by atoms with van der Waals surface area (Å²) in [6.45, 7) is 6.16. The molecule has 0 aromatic heterocycles. The van der Waals surface area contributed by atoms with Crippen LogP contribution < -0.4 is 0 Å². The molecule has 0 unspecified atom stereocenters. The van der Waals surface area contributed by atoms with Crippen molar-refractivity contribution in [3.63, 3.8) is 0 Å². The second kappa shape index (κ2) is 3.28. The minimum Gasteiger partial charge on any atom is -0.343 e. The van der Waals surface area contributed by atoms with Crippen molar-refractivity contribution in [2.45, 2.75) is 24.3 Å². The molecular formula is C7H13NOS. The molecule has 1 heterocycles. The summed E-state index contributed by atoms with van der Waals surface area (Å²) < 4.78 is 0. The van der Waals surface area contributed by atoms with Crippen LogP contribution in [0.3, 0.4) is 0 Å². The Hall–Kier alpha value is -0.180. The molecule has 1 fully saturated rings. The number of amides is 1. The molecule has 1 rings (SSSR count). The van der Waals surface area contributed by atoms with E-state index in [-0.39, 0.29) is 0 Å². The van der Waals surface area contributed by atoms with Crippen molar-refractivity contribution in [1.29, 1.82) is 0 Å². The Balaban J connectivity index is 2.42. The number of carbonyl (C=O) groups is 1. The molecule has 0 N–H and O–H groups in total. The van der Waals surface area contributed by atoms with Gasteiger partial charge in [-0.25, -0.2) is 0 Å². The van der Waals surface area contributed by atoms with Crippen molar-refractivity contribution < 1.29 is 4.79 Å². The third kappa shape index (κ3) is 1.90. The topological polar surface area (TPSA) is 20.3 Å². The van der Waals surface area contributed by atoms with Crippen molar-refractivity contribution in [3.05, 3.63) is 0 Å². The van der Waals surface area contributed by atoms with Gasteiger partial charge in [-0.05, 0) is 0 Å². The van der Waals surface area contributed by atoms with Crippen LogP contribution in [-0.2, 0) is 4.79 Å². The van der Waals surface area contributed by atoms with E-state index in [9.17, 15) is 4.79 Å². The summed E-state index contributed by atoms with van der Waals surface area (Å²) in [5.41, 5.74) is 0. The van der Waals surface area contributed by atoms with Crippen LogP contribution in [0.2, 0.25) is 0 Å². The number of nitrogens with zero attached hydrogens (tertiary/aromatic N) is 1. The fourth-order valence-electron chi connectivity index (χ4n) is 1.30. The maximum atomic E-state index is 10.4. The van der Waals surface area contributed by atoms with Gasteiger partial charge in [0.2, 0.25) is 6.41 Å². The van der Waals surface area contributed by atoms with E-state index in [0.29, 0.717) is 10.5 Å². The minimum absolute atomic E-state index is 0.606. The standard InChI is InChI=1S/C7H13NOS/c1-6-3-8(5-9)4-7(2)10-6/h5-7H,3-4H2,1-2H3/t6-,7+. The number of thioether (sulfide) groups is 1. The highest BCUT2D eigenvalue weighted by Gasteiger charge is 2.20. The Morgan fingerprint density at radius 3 is 2.30 bits per heavy atom. The summed E-state index contributed by atoms with van der Waals surface area (Å²) in [5.74, 6) is 0. The van der Waals surface area contributed by atoms with Crippen LogP contribution in [0.25, 0.3) is 0 Å². The highest BCUT2D eigenvalue weighted by molar-refractivity contribution is 8.00. The van der Waals surface area contributed by atoms with Crippen LogP contribution in [0.5, 0.6) is 0 Å². The van der Waals surface area contributed by atoms with E-state index in [4.69, 9.17) is 0 Å². The molecule has 1 aliphatic heterocycles. The smallest absolute Gasteiger partial charge is 0.209 e. The Kier molecular flexibility index (Phi) is 2.60. The fourth-order valence-corrected chi connectivity index (χ4v) is 2.65. The molecule has 0 bridgehead atoms. The van der Waals surface area contributed by atoms with Crippen LogP contribution in [0.15, 0.2) is 0 Å². The maximum Gasteiger partial charge on any atom is 0.209 e. The molecule has 0 aliphatic carbocycles. The van der Waals surface area contributed by atoms with Gasteiger partial charge >= 0.3 is 0 Å². The number of hydrogen-bond acceptors (Lipinski definition) is 2. The molecule has 2 nitrogen and oxygen atoms in total. The monoisotopic (exact) mass is 159 g/mol. The van der Waals surface area contributed by atoms with E-state index in [2.05, 4.69) is 13.8 Å². The summed E-state index contributed by atoms with van der Waals surface area (Å²) in [4.78, 5) is 12.2. The van der Waals surface area contributed by atoms with Gasteiger partial charge in [0.1, 0.15) is 0 Å². The normalized spacial score (nSPS) is 34.0. The van der Waals surface area contributed by atoms with Gasteiger partial charge in [-0.2, -0.15) is 11.8 Å². The second-order valence-corrected chi connectivity index (χ2v) is 4.70.